The zero-order valence-corrected chi connectivity index (χ0v) is 15.1. The monoisotopic (exact) mass is 450 g/mol. The summed E-state index contributed by atoms with van der Waals surface area (Å²) in [4.78, 5) is 0. The van der Waals surface area contributed by atoms with Gasteiger partial charge in [0, 0.05) is 53.1 Å². The minimum absolute atomic E-state index is 0. The van der Waals surface area contributed by atoms with Gasteiger partial charge in [0.15, 0.2) is 0 Å². The summed E-state index contributed by atoms with van der Waals surface area (Å²) in [6.45, 7) is 5.24. The molecule has 0 aromatic carbocycles. The third-order valence-electron chi connectivity index (χ3n) is 2.21. The second kappa shape index (κ2) is 7.85. The molecule has 0 amide bonds. The molecule has 1 nitrogen and oxygen atoms in total. The fourth-order valence-corrected chi connectivity index (χ4v) is 1.74. The summed E-state index contributed by atoms with van der Waals surface area (Å²) in [6.07, 6.45) is 7.74. The van der Waals surface area contributed by atoms with Crippen molar-refractivity contribution in [3.63, 3.8) is 0 Å². The van der Waals surface area contributed by atoms with E-state index in [1.807, 2.05) is 0 Å². The number of nitrogens with zero attached hydrogens (tertiary/aromatic N) is 1. The van der Waals surface area contributed by atoms with Gasteiger partial charge < -0.3 is 12.7 Å². The van der Waals surface area contributed by atoms with Crippen LogP contribution < -0.4 is 0 Å². The molecule has 1 aliphatic carbocycles. The van der Waals surface area contributed by atoms with Gasteiger partial charge in [-0.3, -0.25) is 0 Å². The summed E-state index contributed by atoms with van der Waals surface area (Å²) in [5, 5.41) is 4.44. The molecule has 0 atom stereocenters. The Bertz CT molecular complexity index is 292. The molecule has 1 saturated heterocycles. The Morgan fingerprint density at radius 2 is 2.00 bits per heavy atom. The number of fused-ring (bicyclic) bond motifs is 1. The molecular formula is C12H16NReY-3. The topological polar surface area (TPSA) is 14.1 Å². The van der Waals surface area contributed by atoms with Crippen LogP contribution in [-0.2, 0) is 53.1 Å². The van der Waals surface area contributed by atoms with Crippen molar-refractivity contribution in [1.29, 1.82) is 0 Å². The molecule has 1 aliphatic heterocycles. The Labute approximate surface area is 132 Å². The molecular weight excluding hydrogens is 433 g/mol. The van der Waals surface area contributed by atoms with Gasteiger partial charge in [0.25, 0.3) is 0 Å². The normalized spacial score (nSPS) is 17.5. The van der Waals surface area contributed by atoms with Gasteiger partial charge in [0.05, 0.1) is 0 Å². The number of rotatable bonds is 0. The second-order valence-electron chi connectivity index (χ2n) is 3.46. The Morgan fingerprint density at radius 3 is 2.67 bits per heavy atom. The van der Waals surface area contributed by atoms with Crippen LogP contribution in [0.15, 0.2) is 35.1 Å². The van der Waals surface area contributed by atoms with Crippen molar-refractivity contribution in [2.75, 3.05) is 6.54 Å². The Balaban J connectivity index is 0. The van der Waals surface area contributed by atoms with Crippen LogP contribution >= 0.6 is 0 Å². The number of allylic oxidation sites excluding steroid dienone is 5. The first kappa shape index (κ1) is 18.0. The van der Waals surface area contributed by atoms with Gasteiger partial charge in [-0.15, -0.1) is 18.2 Å². The minimum Gasteiger partial charge on any atom is -0.696 e. The molecule has 1 fully saturated rings. The van der Waals surface area contributed by atoms with Crippen molar-refractivity contribution >= 4 is 0 Å². The molecule has 0 unspecified atom stereocenters. The molecule has 1 heterocycles. The van der Waals surface area contributed by atoms with E-state index in [2.05, 4.69) is 37.4 Å². The zero-order chi connectivity index (χ0) is 8.55. The molecule has 2 rings (SSSR count). The average molecular weight is 449 g/mol. The molecule has 2 aliphatic rings. The largest absolute Gasteiger partial charge is 0.696 e. The Kier molecular flexibility index (Phi) is 9.44. The van der Waals surface area contributed by atoms with E-state index in [0.717, 1.165) is 13.0 Å². The van der Waals surface area contributed by atoms with Crippen LogP contribution in [0.25, 0.3) is 5.32 Å². The molecule has 0 saturated carbocycles. The van der Waals surface area contributed by atoms with E-state index in [-0.39, 0.29) is 60.6 Å². The van der Waals surface area contributed by atoms with Gasteiger partial charge in [0.2, 0.25) is 0 Å². The van der Waals surface area contributed by atoms with Crippen molar-refractivity contribution in [2.45, 2.75) is 20.3 Å². The van der Waals surface area contributed by atoms with Gasteiger partial charge in [-0.2, -0.15) is 23.6 Å². The molecule has 0 N–H and O–H groups in total. The first-order valence-electron chi connectivity index (χ1n) is 4.38. The van der Waals surface area contributed by atoms with Crippen molar-refractivity contribution in [3.8, 4) is 0 Å². The molecule has 2 radical (unpaired) electrons. The van der Waals surface area contributed by atoms with Crippen molar-refractivity contribution in [1.82, 2.24) is 0 Å². The molecule has 0 spiro atoms. The molecule has 15 heavy (non-hydrogen) atoms. The van der Waals surface area contributed by atoms with E-state index in [1.165, 1.54) is 22.8 Å². The molecule has 0 aromatic rings. The van der Waals surface area contributed by atoms with Crippen LogP contribution in [0.2, 0.25) is 0 Å². The van der Waals surface area contributed by atoms with Crippen molar-refractivity contribution in [2.24, 2.45) is 0 Å². The maximum Gasteiger partial charge on any atom is 0 e. The summed E-state index contributed by atoms with van der Waals surface area (Å²) in [7, 11) is 0. The first-order chi connectivity index (χ1) is 5.75. The standard InChI is InChI=1S/C11H13N.CH3.Re.Y/c1-8-5-9(2)7-11-10(6-8)3-4-12-11;;;/h5-7H,3-4H2,1-2H3;1H3;;/q-2;-1;;. The van der Waals surface area contributed by atoms with E-state index in [0.29, 0.717) is 0 Å². The van der Waals surface area contributed by atoms with E-state index < -0.39 is 0 Å². The van der Waals surface area contributed by atoms with Gasteiger partial charge in [-0.25, -0.2) is 5.70 Å². The van der Waals surface area contributed by atoms with Crippen LogP contribution in [-0.4, -0.2) is 6.54 Å². The van der Waals surface area contributed by atoms with Crippen LogP contribution in [0.3, 0.4) is 0 Å². The van der Waals surface area contributed by atoms with Gasteiger partial charge in [-0.05, 0) is 0 Å². The fraction of sp³-hybridized carbons (Fsp3) is 0.333. The Morgan fingerprint density at radius 1 is 1.33 bits per heavy atom. The average Bonchev–Trinajstić information content (AvgIpc) is 2.31. The second-order valence-corrected chi connectivity index (χ2v) is 3.46. The molecule has 0 aromatic heterocycles. The number of hydrogen-bond donors (Lipinski definition) is 0. The predicted octanol–water partition coefficient (Wildman–Crippen LogP) is 3.57. The SMILES string of the molecule is CC1=C[C-](C)C=C2CC[N-]C2=C1.[CH3-].[Re].[Y]. The first-order valence-corrected chi connectivity index (χ1v) is 4.38. The quantitative estimate of drug-likeness (QED) is 0.503. The third-order valence-corrected chi connectivity index (χ3v) is 2.21. The summed E-state index contributed by atoms with van der Waals surface area (Å²) < 4.78 is 0. The van der Waals surface area contributed by atoms with Gasteiger partial charge in [-0.1, -0.05) is 20.3 Å². The molecule has 0 bridgehead atoms. The van der Waals surface area contributed by atoms with Gasteiger partial charge in [0.1, 0.15) is 0 Å². The predicted molar refractivity (Wildman–Crippen MR) is 58.1 cm³/mol. The summed E-state index contributed by atoms with van der Waals surface area (Å²) >= 11 is 0. The smallest absolute Gasteiger partial charge is 0 e. The fourth-order valence-electron chi connectivity index (χ4n) is 1.74. The van der Waals surface area contributed by atoms with Crippen LogP contribution in [0.5, 0.6) is 0 Å². The van der Waals surface area contributed by atoms with Crippen molar-refractivity contribution < 1.29 is 53.1 Å². The van der Waals surface area contributed by atoms with Gasteiger partial charge >= 0.3 is 0 Å². The summed E-state index contributed by atoms with van der Waals surface area (Å²) in [5.74, 6) is 1.34. The minimum atomic E-state index is 0. The maximum atomic E-state index is 4.44. The van der Waals surface area contributed by atoms with E-state index in [9.17, 15) is 0 Å². The summed E-state index contributed by atoms with van der Waals surface area (Å²) in [5.41, 5.74) is 3.90. The zero-order valence-electron chi connectivity index (χ0n) is 9.55. The van der Waals surface area contributed by atoms with E-state index in [1.54, 1.807) is 0 Å². The third kappa shape index (κ3) is 4.57. The molecule has 82 valence electrons. The van der Waals surface area contributed by atoms with E-state index >= 15 is 0 Å². The van der Waals surface area contributed by atoms with Crippen LogP contribution in [0, 0.1) is 13.3 Å². The van der Waals surface area contributed by atoms with Crippen LogP contribution in [0.4, 0.5) is 0 Å². The van der Waals surface area contributed by atoms with Crippen molar-refractivity contribution in [3.05, 3.63) is 53.7 Å². The number of hydrogen-bond acceptors (Lipinski definition) is 0. The molecule has 3 heteroatoms. The van der Waals surface area contributed by atoms with E-state index in [4.69, 9.17) is 0 Å². The summed E-state index contributed by atoms with van der Waals surface area (Å²) in [6, 6.07) is 0. The maximum absolute atomic E-state index is 4.44. The van der Waals surface area contributed by atoms with Crippen LogP contribution in [0.1, 0.15) is 20.3 Å². The Hall–Kier alpha value is 0.656.